The van der Waals surface area contributed by atoms with Gasteiger partial charge in [0.25, 0.3) is 0 Å². The van der Waals surface area contributed by atoms with E-state index < -0.39 is 0 Å². The van der Waals surface area contributed by atoms with Gasteiger partial charge in [-0.15, -0.1) is 0 Å². The Morgan fingerprint density at radius 3 is 1.45 bits per heavy atom. The number of hydrogen-bond donors (Lipinski definition) is 0. The van der Waals surface area contributed by atoms with Crippen molar-refractivity contribution >= 4 is 0 Å². The maximum atomic E-state index is 2.73. The molecule has 0 heterocycles. The second kappa shape index (κ2) is 22.3. The molecule has 10 aliphatic carbocycles. The normalized spacial score (nSPS) is 55.3. The molecule has 0 aliphatic heterocycles. The van der Waals surface area contributed by atoms with Crippen LogP contribution >= 0.6 is 0 Å². The zero-order valence-corrected chi connectivity index (χ0v) is 48.4. The van der Waals surface area contributed by atoms with Crippen molar-refractivity contribution in [3.63, 3.8) is 0 Å². The molecule has 10 aliphatic rings. The molecule has 0 radical (unpaired) electrons. The molecule has 0 aromatic carbocycles. The van der Waals surface area contributed by atoms with E-state index in [-0.39, 0.29) is 0 Å². The highest BCUT2D eigenvalue weighted by atomic mass is 14.6. The molecular formula is C69H120. The third-order valence-electron chi connectivity index (χ3n) is 29.2. The zero-order valence-electron chi connectivity index (χ0n) is 48.4. The summed E-state index contributed by atoms with van der Waals surface area (Å²) in [5.74, 6) is 30.4. The molecule has 0 bridgehead atoms. The highest BCUT2D eigenvalue weighted by Gasteiger charge is 2.56. The van der Waals surface area contributed by atoms with Gasteiger partial charge in [-0.1, -0.05) is 128 Å². The molecule has 10 fully saturated rings. The number of fused-ring (bicyclic) bond motifs is 9. The third-order valence-corrected chi connectivity index (χ3v) is 29.2. The van der Waals surface area contributed by atoms with Crippen LogP contribution in [-0.4, -0.2) is 0 Å². The van der Waals surface area contributed by atoms with Crippen LogP contribution in [-0.2, 0) is 0 Å². The summed E-state index contributed by atoms with van der Waals surface area (Å²) in [6.07, 6.45) is 42.4. The van der Waals surface area contributed by atoms with Crippen LogP contribution in [0, 0.1) is 178 Å². The van der Waals surface area contributed by atoms with Gasteiger partial charge in [0.05, 0.1) is 0 Å². The van der Waals surface area contributed by atoms with Crippen molar-refractivity contribution in [1.82, 2.24) is 0 Å². The fourth-order valence-corrected chi connectivity index (χ4v) is 24.7. The molecule has 0 amide bonds. The molecule has 10 rings (SSSR count). The van der Waals surface area contributed by atoms with E-state index in [2.05, 4.69) is 83.1 Å². The SMILES string of the molecule is CCC1CC(CCC2CC(CCC3CCCC4C3CCC3C4CCC4C5CCC(CC6CCC(CC)C(CC)C6C)CC5CCC43)C(C)C(C)C2C)C2CC3C(C)C(C)C(C)C(CC)C3CC2C1C. The van der Waals surface area contributed by atoms with Crippen LogP contribution in [0.1, 0.15) is 256 Å². The summed E-state index contributed by atoms with van der Waals surface area (Å²) in [6.45, 7) is 31.7. The monoisotopic (exact) mass is 949 g/mol. The van der Waals surface area contributed by atoms with Crippen LogP contribution in [0.2, 0.25) is 0 Å². The van der Waals surface area contributed by atoms with Crippen LogP contribution < -0.4 is 0 Å². The average Bonchev–Trinajstić information content (AvgIpc) is 3.37. The molecule has 0 saturated heterocycles. The molecule has 30 atom stereocenters. The first kappa shape index (κ1) is 52.4. The van der Waals surface area contributed by atoms with Gasteiger partial charge in [-0.2, -0.15) is 0 Å². The lowest BCUT2D eigenvalue weighted by Gasteiger charge is -2.59. The molecule has 69 heavy (non-hydrogen) atoms. The predicted molar refractivity (Wildman–Crippen MR) is 297 cm³/mol. The van der Waals surface area contributed by atoms with E-state index in [1.54, 1.807) is 141 Å². The van der Waals surface area contributed by atoms with Gasteiger partial charge in [-0.25, -0.2) is 0 Å². The zero-order chi connectivity index (χ0) is 48.4. The van der Waals surface area contributed by atoms with Gasteiger partial charge in [-0.05, 0) is 306 Å². The molecule has 0 nitrogen and oxygen atoms in total. The smallest absolute Gasteiger partial charge is 0.0349 e. The summed E-state index contributed by atoms with van der Waals surface area (Å²) in [7, 11) is 0. The van der Waals surface area contributed by atoms with Crippen LogP contribution in [0.25, 0.3) is 0 Å². The summed E-state index contributed by atoms with van der Waals surface area (Å²) >= 11 is 0. The Balaban J connectivity index is 0.728. The van der Waals surface area contributed by atoms with Gasteiger partial charge >= 0.3 is 0 Å². The fourth-order valence-electron chi connectivity index (χ4n) is 24.7. The summed E-state index contributed by atoms with van der Waals surface area (Å²) in [5.41, 5.74) is 0. The van der Waals surface area contributed by atoms with E-state index in [1.807, 2.05) is 0 Å². The van der Waals surface area contributed by atoms with Crippen LogP contribution in [0.4, 0.5) is 0 Å². The quantitative estimate of drug-likeness (QED) is 0.183. The van der Waals surface area contributed by atoms with E-state index in [1.165, 1.54) is 32.1 Å². The summed E-state index contributed by atoms with van der Waals surface area (Å²) in [6, 6.07) is 0. The van der Waals surface area contributed by atoms with E-state index in [0.29, 0.717) is 0 Å². The van der Waals surface area contributed by atoms with E-state index in [9.17, 15) is 0 Å². The van der Waals surface area contributed by atoms with E-state index in [0.717, 1.165) is 178 Å². The second-order valence-electron chi connectivity index (χ2n) is 30.5. The number of hydrogen-bond acceptors (Lipinski definition) is 0. The summed E-state index contributed by atoms with van der Waals surface area (Å²) in [5, 5.41) is 0. The van der Waals surface area contributed by atoms with Crippen molar-refractivity contribution in [3.8, 4) is 0 Å². The molecule has 396 valence electrons. The molecule has 30 unspecified atom stereocenters. The van der Waals surface area contributed by atoms with Crippen LogP contribution in [0.5, 0.6) is 0 Å². The maximum absolute atomic E-state index is 2.73. The summed E-state index contributed by atoms with van der Waals surface area (Å²) in [4.78, 5) is 0. The lowest BCUT2D eigenvalue weighted by molar-refractivity contribution is -0.103. The largest absolute Gasteiger partial charge is 0.0651 e. The Hall–Kier alpha value is 0. The molecule has 10 saturated carbocycles. The van der Waals surface area contributed by atoms with E-state index >= 15 is 0 Å². The van der Waals surface area contributed by atoms with Gasteiger partial charge in [0.2, 0.25) is 0 Å². The van der Waals surface area contributed by atoms with Crippen LogP contribution in [0.15, 0.2) is 0 Å². The second-order valence-corrected chi connectivity index (χ2v) is 30.5. The van der Waals surface area contributed by atoms with Gasteiger partial charge in [0.15, 0.2) is 0 Å². The average molecular weight is 950 g/mol. The van der Waals surface area contributed by atoms with Crippen molar-refractivity contribution in [2.24, 2.45) is 178 Å². The highest BCUT2D eigenvalue weighted by Crippen LogP contribution is 2.64. The Labute approximate surface area is 431 Å². The lowest BCUT2D eigenvalue weighted by Crippen LogP contribution is -2.52. The highest BCUT2D eigenvalue weighted by molar-refractivity contribution is 5.05. The van der Waals surface area contributed by atoms with Gasteiger partial charge in [0.1, 0.15) is 0 Å². The molecule has 0 aromatic heterocycles. The first-order valence-electron chi connectivity index (χ1n) is 33.3. The molecule has 0 heteroatoms. The maximum Gasteiger partial charge on any atom is -0.0349 e. The summed E-state index contributed by atoms with van der Waals surface area (Å²) < 4.78 is 0. The predicted octanol–water partition coefficient (Wildman–Crippen LogP) is 20.4. The first-order chi connectivity index (χ1) is 33.3. The van der Waals surface area contributed by atoms with Crippen molar-refractivity contribution in [3.05, 3.63) is 0 Å². The van der Waals surface area contributed by atoms with Crippen molar-refractivity contribution in [1.29, 1.82) is 0 Å². The molecule has 0 spiro atoms. The van der Waals surface area contributed by atoms with Crippen molar-refractivity contribution in [2.45, 2.75) is 256 Å². The first-order valence-corrected chi connectivity index (χ1v) is 33.3. The lowest BCUT2D eigenvalue weighted by atomic mass is 9.46. The Morgan fingerprint density at radius 1 is 0.261 bits per heavy atom. The minimum absolute atomic E-state index is 0.905. The Bertz CT molecular complexity index is 1610. The minimum atomic E-state index is 0.905. The van der Waals surface area contributed by atoms with Crippen molar-refractivity contribution in [2.75, 3.05) is 0 Å². The van der Waals surface area contributed by atoms with Crippen molar-refractivity contribution < 1.29 is 0 Å². The fraction of sp³-hybridized carbons (Fsp3) is 1.00. The number of rotatable bonds is 12. The van der Waals surface area contributed by atoms with Gasteiger partial charge in [0, 0.05) is 0 Å². The Kier molecular flexibility index (Phi) is 16.9. The standard InChI is InChI=1S/C69H120/c1-13-49-21-23-52(47(12)57(49)15-3)34-48-20-28-60-55(35-48)27-29-63-62(60)32-33-64-61-19-17-18-51(59(61)30-31-65(63)64)22-24-53-37-54(43(8)40(5)42(53)7)25-26-56-36-50(14-2)46(11)67-39-69-58(16-4)44(9)41(6)45(10)66(69)38-68(56)67/h40-69H,13-39H2,1-12H3. The molecule has 0 N–H and O–H groups in total. The van der Waals surface area contributed by atoms with E-state index in [4.69, 9.17) is 0 Å². The third kappa shape index (κ3) is 9.90. The minimum Gasteiger partial charge on any atom is -0.0651 e. The van der Waals surface area contributed by atoms with Gasteiger partial charge in [-0.3, -0.25) is 0 Å². The molecular weight excluding hydrogens is 829 g/mol. The van der Waals surface area contributed by atoms with Crippen LogP contribution in [0.3, 0.4) is 0 Å². The topological polar surface area (TPSA) is 0 Å². The molecule has 0 aromatic rings. The Morgan fingerprint density at radius 2 is 0.783 bits per heavy atom. The van der Waals surface area contributed by atoms with Gasteiger partial charge < -0.3 is 0 Å².